The number of methoxy groups -OCH3 is 2. The molecule has 0 aliphatic heterocycles. The van der Waals surface area contributed by atoms with Crippen LogP contribution in [0.15, 0.2) is 42.5 Å². The zero-order valence-corrected chi connectivity index (χ0v) is 12.1. The van der Waals surface area contributed by atoms with Crippen LogP contribution in [0.5, 0.6) is 17.4 Å². The summed E-state index contributed by atoms with van der Waals surface area (Å²) in [7, 11) is 4.64. The topological polar surface area (TPSA) is 60.9 Å². The quantitative estimate of drug-likeness (QED) is 0.865. The first-order chi connectivity index (χ1) is 10.1. The van der Waals surface area contributed by atoms with Crippen LogP contribution in [0.2, 0.25) is 0 Å². The minimum absolute atomic E-state index is 0.397. The Balaban J connectivity index is 2.11. The largest absolute Gasteiger partial charge is 0.497 e. The van der Waals surface area contributed by atoms with Gasteiger partial charge < -0.3 is 14.2 Å². The lowest BCUT2D eigenvalue weighted by atomic mass is 10.3. The van der Waals surface area contributed by atoms with Crippen molar-refractivity contribution < 1.29 is 19.0 Å². The summed E-state index contributed by atoms with van der Waals surface area (Å²) in [6, 6.07) is 11.9. The molecular weight excluding hydrogens is 272 g/mol. The van der Waals surface area contributed by atoms with Gasteiger partial charge in [-0.1, -0.05) is 12.1 Å². The summed E-state index contributed by atoms with van der Waals surface area (Å²) in [4.78, 5) is 17.6. The van der Waals surface area contributed by atoms with Crippen LogP contribution in [0.25, 0.3) is 0 Å². The number of hydrogen-bond donors (Lipinski definition) is 0. The van der Waals surface area contributed by atoms with Gasteiger partial charge in [0.1, 0.15) is 17.3 Å². The maximum absolute atomic E-state index is 12.1. The fourth-order valence-electron chi connectivity index (χ4n) is 1.63. The van der Waals surface area contributed by atoms with E-state index in [1.165, 1.54) is 12.0 Å². The highest BCUT2D eigenvalue weighted by Crippen LogP contribution is 2.21. The van der Waals surface area contributed by atoms with Crippen LogP contribution >= 0.6 is 0 Å². The lowest BCUT2D eigenvalue weighted by Crippen LogP contribution is -2.30. The Morgan fingerprint density at radius 3 is 2.48 bits per heavy atom. The second-order valence-corrected chi connectivity index (χ2v) is 4.14. The predicted molar refractivity (Wildman–Crippen MR) is 78.2 cm³/mol. The highest BCUT2D eigenvalue weighted by molar-refractivity contribution is 5.87. The molecule has 21 heavy (non-hydrogen) atoms. The van der Waals surface area contributed by atoms with Crippen molar-refractivity contribution in [3.8, 4) is 17.4 Å². The monoisotopic (exact) mass is 288 g/mol. The van der Waals surface area contributed by atoms with Crippen molar-refractivity contribution in [1.82, 2.24) is 4.98 Å². The smallest absolute Gasteiger partial charge is 0.420 e. The standard InChI is InChI=1S/C15H16N2O4/c1-17(13-8-5-9-14(16-13)20-3)15(18)21-12-7-4-6-11(10-12)19-2/h4-10H,1-3H3. The van der Waals surface area contributed by atoms with Crippen molar-refractivity contribution in [3.05, 3.63) is 42.5 Å². The average Bonchev–Trinajstić information content (AvgIpc) is 2.54. The third-order valence-corrected chi connectivity index (χ3v) is 2.78. The van der Waals surface area contributed by atoms with E-state index in [4.69, 9.17) is 14.2 Å². The van der Waals surface area contributed by atoms with E-state index in [1.807, 2.05) is 0 Å². The van der Waals surface area contributed by atoms with Gasteiger partial charge in [-0.3, -0.25) is 4.90 Å². The Labute approximate surface area is 122 Å². The first-order valence-corrected chi connectivity index (χ1v) is 6.24. The summed E-state index contributed by atoms with van der Waals surface area (Å²) >= 11 is 0. The Bertz CT molecular complexity index is 631. The van der Waals surface area contributed by atoms with Crippen LogP contribution in [-0.4, -0.2) is 32.3 Å². The van der Waals surface area contributed by atoms with E-state index in [-0.39, 0.29) is 0 Å². The molecule has 0 radical (unpaired) electrons. The molecule has 0 fully saturated rings. The van der Waals surface area contributed by atoms with Crippen molar-refractivity contribution in [1.29, 1.82) is 0 Å². The van der Waals surface area contributed by atoms with Crippen molar-refractivity contribution in [2.75, 3.05) is 26.2 Å². The van der Waals surface area contributed by atoms with Gasteiger partial charge in [-0.05, 0) is 18.2 Å². The summed E-state index contributed by atoms with van der Waals surface area (Å²) in [6.45, 7) is 0. The minimum Gasteiger partial charge on any atom is -0.497 e. The van der Waals surface area contributed by atoms with E-state index < -0.39 is 6.09 Å². The molecule has 1 heterocycles. The van der Waals surface area contributed by atoms with Crippen LogP contribution in [0.4, 0.5) is 10.6 Å². The van der Waals surface area contributed by atoms with Crippen molar-refractivity contribution in [2.24, 2.45) is 0 Å². The second-order valence-electron chi connectivity index (χ2n) is 4.14. The third-order valence-electron chi connectivity index (χ3n) is 2.78. The summed E-state index contributed by atoms with van der Waals surface area (Å²) in [5.41, 5.74) is 0. The molecule has 0 saturated carbocycles. The molecule has 1 aromatic carbocycles. The Hall–Kier alpha value is -2.76. The molecule has 0 atom stereocenters. The molecule has 2 aromatic rings. The van der Waals surface area contributed by atoms with Crippen molar-refractivity contribution in [3.63, 3.8) is 0 Å². The second kappa shape index (κ2) is 6.60. The number of nitrogens with zero attached hydrogens (tertiary/aromatic N) is 2. The summed E-state index contributed by atoms with van der Waals surface area (Å²) in [5, 5.41) is 0. The molecular formula is C15H16N2O4. The van der Waals surface area contributed by atoms with Gasteiger partial charge in [0, 0.05) is 19.2 Å². The average molecular weight is 288 g/mol. The van der Waals surface area contributed by atoms with E-state index in [0.29, 0.717) is 23.2 Å². The maximum Gasteiger partial charge on any atom is 0.420 e. The predicted octanol–water partition coefficient (Wildman–Crippen LogP) is 2.73. The fourth-order valence-corrected chi connectivity index (χ4v) is 1.63. The molecule has 1 amide bonds. The number of carbonyl (C=O) groups excluding carboxylic acids is 1. The number of pyridine rings is 1. The molecule has 0 spiro atoms. The molecule has 1 aromatic heterocycles. The minimum atomic E-state index is -0.552. The fraction of sp³-hybridized carbons (Fsp3) is 0.200. The zero-order valence-electron chi connectivity index (χ0n) is 12.1. The summed E-state index contributed by atoms with van der Waals surface area (Å²) in [6.07, 6.45) is -0.552. The van der Waals surface area contributed by atoms with E-state index in [9.17, 15) is 4.79 Å². The lowest BCUT2D eigenvalue weighted by molar-refractivity contribution is 0.208. The molecule has 0 aliphatic carbocycles. The van der Waals surface area contributed by atoms with Gasteiger partial charge in [0.05, 0.1) is 14.2 Å². The van der Waals surface area contributed by atoms with Gasteiger partial charge >= 0.3 is 6.09 Å². The third kappa shape index (κ3) is 3.62. The van der Waals surface area contributed by atoms with Gasteiger partial charge in [0.15, 0.2) is 0 Å². The zero-order chi connectivity index (χ0) is 15.2. The summed E-state index contributed by atoms with van der Waals surface area (Å²) < 4.78 is 15.4. The number of ether oxygens (including phenoxy) is 3. The highest BCUT2D eigenvalue weighted by atomic mass is 16.6. The van der Waals surface area contributed by atoms with E-state index in [0.717, 1.165) is 0 Å². The van der Waals surface area contributed by atoms with Gasteiger partial charge in [0.2, 0.25) is 5.88 Å². The van der Waals surface area contributed by atoms with E-state index >= 15 is 0 Å². The molecule has 0 unspecified atom stereocenters. The van der Waals surface area contributed by atoms with Crippen molar-refractivity contribution >= 4 is 11.9 Å². The number of aromatic nitrogens is 1. The van der Waals surface area contributed by atoms with Gasteiger partial charge in [-0.2, -0.15) is 4.98 Å². The summed E-state index contributed by atoms with van der Waals surface area (Å²) in [5.74, 6) is 1.87. The molecule has 6 nitrogen and oxygen atoms in total. The Morgan fingerprint density at radius 2 is 1.76 bits per heavy atom. The van der Waals surface area contributed by atoms with Crippen LogP contribution in [0.1, 0.15) is 0 Å². The van der Waals surface area contributed by atoms with Crippen molar-refractivity contribution in [2.45, 2.75) is 0 Å². The van der Waals surface area contributed by atoms with E-state index in [1.54, 1.807) is 56.6 Å². The molecule has 110 valence electrons. The highest BCUT2D eigenvalue weighted by Gasteiger charge is 2.15. The number of carbonyl (C=O) groups is 1. The van der Waals surface area contributed by atoms with Crippen LogP contribution in [-0.2, 0) is 0 Å². The number of rotatable bonds is 4. The number of amides is 1. The normalized spacial score (nSPS) is 9.86. The first kappa shape index (κ1) is 14.6. The number of hydrogen-bond acceptors (Lipinski definition) is 5. The molecule has 0 saturated heterocycles. The van der Waals surface area contributed by atoms with Crippen LogP contribution in [0, 0.1) is 0 Å². The SMILES string of the molecule is COc1cccc(OC(=O)N(C)c2cccc(OC)n2)c1. The van der Waals surface area contributed by atoms with E-state index in [2.05, 4.69) is 4.98 Å². The molecule has 2 rings (SSSR count). The van der Waals surface area contributed by atoms with Gasteiger partial charge in [-0.25, -0.2) is 4.79 Å². The Morgan fingerprint density at radius 1 is 1.05 bits per heavy atom. The first-order valence-electron chi connectivity index (χ1n) is 6.24. The van der Waals surface area contributed by atoms with Gasteiger partial charge in [-0.15, -0.1) is 0 Å². The molecule has 0 N–H and O–H groups in total. The maximum atomic E-state index is 12.1. The molecule has 0 aliphatic rings. The number of anilines is 1. The van der Waals surface area contributed by atoms with Crippen LogP contribution in [0.3, 0.4) is 0 Å². The Kier molecular flexibility index (Phi) is 4.61. The molecule has 0 bridgehead atoms. The van der Waals surface area contributed by atoms with Gasteiger partial charge in [0.25, 0.3) is 0 Å². The number of benzene rings is 1. The molecule has 6 heteroatoms. The van der Waals surface area contributed by atoms with Crippen LogP contribution < -0.4 is 19.1 Å². The lowest BCUT2D eigenvalue weighted by Gasteiger charge is -2.16.